The number of carbonyl (C=O) groups is 1. The lowest BCUT2D eigenvalue weighted by Gasteiger charge is -2.18. The molecule has 8 heteroatoms. The molecule has 1 unspecified atom stereocenters. The van der Waals surface area contributed by atoms with E-state index in [4.69, 9.17) is 9.26 Å². The fraction of sp³-hybridized carbons (Fsp3) is 0.0909. The van der Waals surface area contributed by atoms with Crippen molar-refractivity contribution >= 4 is 11.6 Å². The minimum Gasteiger partial charge on any atom is -0.480 e. The fourth-order valence-electron chi connectivity index (χ4n) is 3.02. The highest BCUT2D eigenvalue weighted by atomic mass is 19.1. The van der Waals surface area contributed by atoms with E-state index in [9.17, 15) is 9.18 Å². The van der Waals surface area contributed by atoms with Crippen molar-refractivity contribution in [1.82, 2.24) is 15.1 Å². The number of methoxy groups -OCH3 is 1. The Morgan fingerprint density at radius 3 is 2.63 bits per heavy atom. The first-order valence-electron chi connectivity index (χ1n) is 9.08. The van der Waals surface area contributed by atoms with E-state index in [1.54, 1.807) is 30.3 Å². The monoisotopic (exact) mass is 404 g/mol. The number of nitrogens with zero attached hydrogens (tertiary/aromatic N) is 3. The second kappa shape index (κ2) is 8.52. The molecule has 0 bridgehead atoms. The third kappa shape index (κ3) is 3.88. The van der Waals surface area contributed by atoms with Gasteiger partial charge in [0, 0.05) is 5.56 Å². The van der Waals surface area contributed by atoms with Gasteiger partial charge in [0.15, 0.2) is 5.78 Å². The van der Waals surface area contributed by atoms with Crippen LogP contribution in [0.5, 0.6) is 5.88 Å². The SMILES string of the molecule is COc1cncc(NC(C(=O)c2conc2-c2ccccc2F)c2ccccc2)n1. The van der Waals surface area contributed by atoms with Gasteiger partial charge in [0.05, 0.1) is 25.1 Å². The van der Waals surface area contributed by atoms with Crippen LogP contribution >= 0.6 is 0 Å². The first-order chi connectivity index (χ1) is 14.7. The minimum atomic E-state index is -0.836. The van der Waals surface area contributed by atoms with E-state index in [1.165, 1.54) is 31.8 Å². The number of hydrogen-bond donors (Lipinski definition) is 1. The number of carbonyl (C=O) groups excluding carboxylic acids is 1. The summed E-state index contributed by atoms with van der Waals surface area (Å²) in [4.78, 5) is 21.8. The third-order valence-corrected chi connectivity index (χ3v) is 4.47. The molecule has 4 rings (SSSR count). The molecular formula is C22H17FN4O3. The molecule has 2 aromatic heterocycles. The zero-order chi connectivity index (χ0) is 20.9. The number of rotatable bonds is 7. The number of Topliss-reactive ketones (excluding diaryl/α,β-unsaturated/α-hetero) is 1. The van der Waals surface area contributed by atoms with E-state index in [2.05, 4.69) is 20.4 Å². The highest BCUT2D eigenvalue weighted by molar-refractivity contribution is 6.06. The van der Waals surface area contributed by atoms with Crippen LogP contribution in [0, 0.1) is 5.82 Å². The summed E-state index contributed by atoms with van der Waals surface area (Å²) < 4.78 is 24.4. The average Bonchev–Trinajstić information content (AvgIpc) is 3.28. The Morgan fingerprint density at radius 2 is 1.87 bits per heavy atom. The van der Waals surface area contributed by atoms with Crippen LogP contribution in [-0.4, -0.2) is 28.0 Å². The normalized spacial score (nSPS) is 11.7. The Balaban J connectivity index is 1.74. The second-order valence-electron chi connectivity index (χ2n) is 6.36. The van der Waals surface area contributed by atoms with Crippen LogP contribution in [0.4, 0.5) is 10.2 Å². The molecule has 0 fully saturated rings. The Morgan fingerprint density at radius 1 is 1.10 bits per heavy atom. The Labute approximate surface area is 171 Å². The molecule has 0 amide bonds. The summed E-state index contributed by atoms with van der Waals surface area (Å²) in [7, 11) is 1.48. The van der Waals surface area contributed by atoms with Gasteiger partial charge in [-0.25, -0.2) is 4.39 Å². The van der Waals surface area contributed by atoms with Crippen molar-refractivity contribution in [2.24, 2.45) is 0 Å². The van der Waals surface area contributed by atoms with E-state index < -0.39 is 11.9 Å². The summed E-state index contributed by atoms with van der Waals surface area (Å²) >= 11 is 0. The molecule has 30 heavy (non-hydrogen) atoms. The van der Waals surface area contributed by atoms with Gasteiger partial charge in [0.1, 0.15) is 29.6 Å². The van der Waals surface area contributed by atoms with Crippen LogP contribution in [0.1, 0.15) is 22.0 Å². The lowest BCUT2D eigenvalue weighted by Crippen LogP contribution is -2.22. The summed E-state index contributed by atoms with van der Waals surface area (Å²) in [5.74, 6) is -0.203. The topological polar surface area (TPSA) is 90.1 Å². The molecule has 0 saturated heterocycles. The van der Waals surface area contributed by atoms with E-state index in [0.717, 1.165) is 0 Å². The van der Waals surface area contributed by atoms with Gasteiger partial charge in [-0.15, -0.1) is 0 Å². The number of hydrogen-bond acceptors (Lipinski definition) is 7. The molecular weight excluding hydrogens is 387 g/mol. The number of halogens is 1. The number of anilines is 1. The Bertz CT molecular complexity index is 1160. The Kier molecular flexibility index (Phi) is 5.47. The van der Waals surface area contributed by atoms with Crippen molar-refractivity contribution in [1.29, 1.82) is 0 Å². The molecule has 0 aliphatic carbocycles. The van der Waals surface area contributed by atoms with Gasteiger partial charge in [0.2, 0.25) is 5.88 Å². The van der Waals surface area contributed by atoms with Gasteiger partial charge in [-0.3, -0.25) is 9.78 Å². The zero-order valence-corrected chi connectivity index (χ0v) is 15.9. The van der Waals surface area contributed by atoms with Gasteiger partial charge in [-0.2, -0.15) is 4.98 Å². The zero-order valence-electron chi connectivity index (χ0n) is 15.9. The molecule has 0 spiro atoms. The van der Waals surface area contributed by atoms with E-state index in [1.807, 2.05) is 18.2 Å². The third-order valence-electron chi connectivity index (χ3n) is 4.47. The number of ketones is 1. The van der Waals surface area contributed by atoms with Crippen molar-refractivity contribution in [3.8, 4) is 17.1 Å². The molecule has 1 N–H and O–H groups in total. The number of ether oxygens (including phenoxy) is 1. The molecule has 7 nitrogen and oxygen atoms in total. The highest BCUT2D eigenvalue weighted by Crippen LogP contribution is 2.30. The van der Waals surface area contributed by atoms with Crippen molar-refractivity contribution in [3.63, 3.8) is 0 Å². The molecule has 0 aliphatic rings. The van der Waals surface area contributed by atoms with Gasteiger partial charge < -0.3 is 14.6 Å². The van der Waals surface area contributed by atoms with Crippen LogP contribution < -0.4 is 10.1 Å². The molecule has 2 heterocycles. The molecule has 2 aromatic carbocycles. The number of nitrogens with one attached hydrogen (secondary N) is 1. The van der Waals surface area contributed by atoms with Crippen molar-refractivity contribution in [2.45, 2.75) is 6.04 Å². The average molecular weight is 404 g/mol. The number of benzene rings is 2. The standard InChI is InChI=1S/C22H17FN4O3/c1-29-19-12-24-11-18(25-19)26-20(14-7-3-2-4-8-14)22(28)16-13-30-27-21(16)15-9-5-6-10-17(15)23/h2-13,20H,1H3,(H,25,26). The molecule has 150 valence electrons. The lowest BCUT2D eigenvalue weighted by atomic mass is 9.95. The van der Waals surface area contributed by atoms with Crippen LogP contribution in [0.25, 0.3) is 11.3 Å². The summed E-state index contributed by atoms with van der Waals surface area (Å²) in [6, 6.07) is 14.3. The smallest absolute Gasteiger partial charge is 0.233 e. The predicted molar refractivity (Wildman–Crippen MR) is 108 cm³/mol. The predicted octanol–water partition coefficient (Wildman–Crippen LogP) is 4.32. The quantitative estimate of drug-likeness (QED) is 0.459. The number of aromatic nitrogens is 3. The van der Waals surface area contributed by atoms with Crippen molar-refractivity contribution < 1.29 is 18.4 Å². The van der Waals surface area contributed by atoms with Gasteiger partial charge in [0.25, 0.3) is 0 Å². The maximum atomic E-state index is 14.3. The highest BCUT2D eigenvalue weighted by Gasteiger charge is 2.28. The first kappa shape index (κ1) is 19.3. The Hall–Kier alpha value is -4.07. The van der Waals surface area contributed by atoms with Crippen LogP contribution in [-0.2, 0) is 0 Å². The van der Waals surface area contributed by atoms with Gasteiger partial charge in [-0.1, -0.05) is 47.6 Å². The lowest BCUT2D eigenvalue weighted by molar-refractivity contribution is 0.0969. The van der Waals surface area contributed by atoms with Crippen molar-refractivity contribution in [3.05, 3.63) is 90.2 Å². The van der Waals surface area contributed by atoms with Crippen molar-refractivity contribution in [2.75, 3.05) is 12.4 Å². The summed E-state index contributed by atoms with van der Waals surface area (Å²) in [6.45, 7) is 0. The van der Waals surface area contributed by atoms with E-state index in [-0.39, 0.29) is 22.6 Å². The van der Waals surface area contributed by atoms with Crippen LogP contribution in [0.3, 0.4) is 0 Å². The van der Waals surface area contributed by atoms with E-state index >= 15 is 0 Å². The van der Waals surface area contributed by atoms with E-state index in [0.29, 0.717) is 17.3 Å². The van der Waals surface area contributed by atoms with Crippen LogP contribution in [0.15, 0.2) is 77.8 Å². The molecule has 0 aliphatic heterocycles. The summed E-state index contributed by atoms with van der Waals surface area (Å²) in [5, 5.41) is 6.95. The summed E-state index contributed by atoms with van der Waals surface area (Å²) in [6.07, 6.45) is 4.16. The second-order valence-corrected chi connectivity index (χ2v) is 6.36. The maximum absolute atomic E-state index is 14.3. The molecule has 1 atom stereocenters. The molecule has 4 aromatic rings. The minimum absolute atomic E-state index is 0.137. The summed E-state index contributed by atoms with van der Waals surface area (Å²) in [5.41, 5.74) is 1.16. The first-order valence-corrected chi connectivity index (χ1v) is 9.08. The maximum Gasteiger partial charge on any atom is 0.233 e. The van der Waals surface area contributed by atoms with Crippen LogP contribution in [0.2, 0.25) is 0 Å². The molecule has 0 saturated carbocycles. The van der Waals surface area contributed by atoms with Gasteiger partial charge in [-0.05, 0) is 17.7 Å². The largest absolute Gasteiger partial charge is 0.480 e. The van der Waals surface area contributed by atoms with Gasteiger partial charge >= 0.3 is 0 Å². The fourth-order valence-corrected chi connectivity index (χ4v) is 3.02. The molecule has 0 radical (unpaired) electrons.